The number of carboxylic acid groups (broad SMARTS) is 1. The van der Waals surface area contributed by atoms with Gasteiger partial charge in [-0.3, -0.25) is 9.59 Å². The fourth-order valence-electron chi connectivity index (χ4n) is 1.07. The molecule has 0 aliphatic carbocycles. The highest BCUT2D eigenvalue weighted by Gasteiger charge is 2.20. The zero-order valence-electron chi connectivity index (χ0n) is 9.77. The number of carbonyl (C=O) groups excluding carboxylic acids is 2. The smallest absolute Gasteiger partial charge is 0.323 e. The summed E-state index contributed by atoms with van der Waals surface area (Å²) < 4.78 is 0. The largest absolute Gasteiger partial charge is 0.480 e. The second-order valence-corrected chi connectivity index (χ2v) is 3.27. The number of rotatable bonds is 5. The van der Waals surface area contributed by atoms with Crippen molar-refractivity contribution < 1.29 is 19.5 Å². The van der Waals surface area contributed by atoms with Crippen molar-refractivity contribution in [2.75, 3.05) is 33.7 Å². The molecule has 0 bridgehead atoms. The molecule has 0 aliphatic rings. The van der Waals surface area contributed by atoms with Crippen molar-refractivity contribution in [3.05, 3.63) is 0 Å². The molecule has 0 saturated carbocycles. The normalized spacial score (nSPS) is 9.00. The lowest BCUT2D eigenvalue weighted by atomic mass is 10.4. The zero-order chi connectivity index (χ0) is 13.4. The van der Waals surface area contributed by atoms with Gasteiger partial charge in [-0.15, -0.1) is 6.42 Å². The predicted octanol–water partition coefficient (Wildman–Crippen LogP) is -1.20. The van der Waals surface area contributed by atoms with E-state index in [2.05, 4.69) is 11.2 Å². The molecule has 0 spiro atoms. The highest BCUT2D eigenvalue weighted by Crippen LogP contribution is 1.96. The van der Waals surface area contributed by atoms with Crippen LogP contribution in [0.5, 0.6) is 0 Å². The van der Waals surface area contributed by atoms with E-state index in [0.717, 1.165) is 9.80 Å². The van der Waals surface area contributed by atoms with Crippen molar-refractivity contribution in [3.63, 3.8) is 0 Å². The molecule has 0 aromatic carbocycles. The fourth-order valence-corrected chi connectivity index (χ4v) is 1.07. The highest BCUT2D eigenvalue weighted by atomic mass is 16.4. The molecule has 0 radical (unpaired) electrons. The second kappa shape index (κ2) is 7.11. The Balaban J connectivity index is 4.54. The third-order valence-corrected chi connectivity index (χ3v) is 1.86. The van der Waals surface area contributed by atoms with Gasteiger partial charge in [0.1, 0.15) is 13.1 Å². The topological polar surface area (TPSA) is 90.0 Å². The van der Waals surface area contributed by atoms with Crippen LogP contribution >= 0.6 is 0 Å². The monoisotopic (exact) mass is 241 g/mol. The molecule has 0 saturated heterocycles. The summed E-state index contributed by atoms with van der Waals surface area (Å²) in [5, 5.41) is 11.0. The van der Waals surface area contributed by atoms with Crippen molar-refractivity contribution in [2.45, 2.75) is 0 Å². The van der Waals surface area contributed by atoms with Crippen LogP contribution in [0.2, 0.25) is 0 Å². The van der Waals surface area contributed by atoms with E-state index in [1.807, 2.05) is 0 Å². The van der Waals surface area contributed by atoms with E-state index in [1.54, 1.807) is 0 Å². The fraction of sp³-hybridized carbons (Fsp3) is 0.500. The van der Waals surface area contributed by atoms with E-state index < -0.39 is 18.5 Å². The molecule has 2 N–H and O–H groups in total. The van der Waals surface area contributed by atoms with Crippen LogP contribution < -0.4 is 5.32 Å². The van der Waals surface area contributed by atoms with E-state index in [1.165, 1.54) is 14.1 Å². The van der Waals surface area contributed by atoms with Crippen molar-refractivity contribution in [2.24, 2.45) is 0 Å². The molecule has 0 rings (SSSR count). The average Bonchev–Trinajstić information content (AvgIpc) is 2.26. The summed E-state index contributed by atoms with van der Waals surface area (Å²) in [4.78, 5) is 35.4. The molecule has 7 nitrogen and oxygen atoms in total. The molecule has 7 heteroatoms. The Morgan fingerprint density at radius 1 is 1.35 bits per heavy atom. The van der Waals surface area contributed by atoms with E-state index in [4.69, 9.17) is 11.5 Å². The Bertz CT molecular complexity index is 348. The molecule has 17 heavy (non-hydrogen) atoms. The average molecular weight is 241 g/mol. The molecule has 0 aromatic rings. The maximum absolute atomic E-state index is 11.7. The molecule has 0 heterocycles. The number of urea groups is 1. The Morgan fingerprint density at radius 3 is 2.35 bits per heavy atom. The van der Waals surface area contributed by atoms with Crippen LogP contribution in [0.3, 0.4) is 0 Å². The van der Waals surface area contributed by atoms with Crippen molar-refractivity contribution in [3.8, 4) is 12.3 Å². The first-order chi connectivity index (χ1) is 7.92. The number of aliphatic carboxylic acids is 1. The van der Waals surface area contributed by atoms with Crippen LogP contribution in [0.25, 0.3) is 0 Å². The summed E-state index contributed by atoms with van der Waals surface area (Å²) in [5.74, 6) is 0.676. The molecule has 3 amide bonds. The minimum Gasteiger partial charge on any atom is -0.480 e. The van der Waals surface area contributed by atoms with Gasteiger partial charge in [-0.25, -0.2) is 4.79 Å². The van der Waals surface area contributed by atoms with Crippen molar-refractivity contribution >= 4 is 17.9 Å². The standard InChI is InChI=1S/C10H15N3O4/c1-4-5-13(7-9(15)16)10(17)12(3)6-8(14)11-2/h1H,5-7H2,2-3H3,(H,11,14)(H,15,16). The zero-order valence-corrected chi connectivity index (χ0v) is 9.77. The number of amides is 3. The number of terminal acetylenes is 1. The minimum atomic E-state index is -1.16. The van der Waals surface area contributed by atoms with Gasteiger partial charge in [0.25, 0.3) is 0 Å². The molecule has 94 valence electrons. The lowest BCUT2D eigenvalue weighted by Crippen LogP contribution is -2.46. The number of nitrogens with one attached hydrogen (secondary N) is 1. The SMILES string of the molecule is C#CCN(CC(=O)O)C(=O)N(C)CC(=O)NC. The number of nitrogens with zero attached hydrogens (tertiary/aromatic N) is 2. The van der Waals surface area contributed by atoms with Crippen LogP contribution in [0, 0.1) is 12.3 Å². The molecular weight excluding hydrogens is 226 g/mol. The molecular formula is C10H15N3O4. The second-order valence-electron chi connectivity index (χ2n) is 3.27. The lowest BCUT2D eigenvalue weighted by molar-refractivity contribution is -0.137. The van der Waals surface area contributed by atoms with Gasteiger partial charge in [-0.05, 0) is 0 Å². The Kier molecular flexibility index (Phi) is 6.18. The Labute approximate surface area is 99.4 Å². The molecule has 0 aromatic heterocycles. The minimum absolute atomic E-state index is 0.122. The summed E-state index contributed by atoms with van der Waals surface area (Å²) in [5.41, 5.74) is 0. The van der Waals surface area contributed by atoms with Gasteiger partial charge >= 0.3 is 12.0 Å². The van der Waals surface area contributed by atoms with Gasteiger partial charge in [0.2, 0.25) is 5.91 Å². The number of carboxylic acids is 1. The summed E-state index contributed by atoms with van der Waals surface area (Å²) in [6.07, 6.45) is 5.04. The van der Waals surface area contributed by atoms with Gasteiger partial charge in [-0.2, -0.15) is 0 Å². The first-order valence-electron chi connectivity index (χ1n) is 4.78. The first kappa shape index (κ1) is 14.8. The molecule has 0 aliphatic heterocycles. The third-order valence-electron chi connectivity index (χ3n) is 1.86. The van der Waals surface area contributed by atoms with E-state index >= 15 is 0 Å². The molecule has 0 fully saturated rings. The third kappa shape index (κ3) is 5.41. The van der Waals surface area contributed by atoms with Crippen LogP contribution in [0.4, 0.5) is 4.79 Å². The van der Waals surface area contributed by atoms with Gasteiger partial charge in [0.15, 0.2) is 0 Å². The summed E-state index contributed by atoms with van der Waals surface area (Å²) in [6.45, 7) is -0.777. The van der Waals surface area contributed by atoms with E-state index in [9.17, 15) is 14.4 Å². The number of carbonyl (C=O) groups is 3. The predicted molar refractivity (Wildman–Crippen MR) is 60.1 cm³/mol. The first-order valence-corrected chi connectivity index (χ1v) is 4.78. The maximum Gasteiger partial charge on any atom is 0.323 e. The van der Waals surface area contributed by atoms with Crippen LogP contribution in [-0.2, 0) is 9.59 Å². The Hall–Kier alpha value is -2.23. The number of likely N-dealkylation sites (N-methyl/N-ethyl adjacent to an activating group) is 2. The summed E-state index contributed by atoms with van der Waals surface area (Å²) >= 11 is 0. The maximum atomic E-state index is 11.7. The van der Waals surface area contributed by atoms with Gasteiger partial charge < -0.3 is 20.2 Å². The summed E-state index contributed by atoms with van der Waals surface area (Å²) in [7, 11) is 2.83. The van der Waals surface area contributed by atoms with E-state index in [-0.39, 0.29) is 19.0 Å². The van der Waals surface area contributed by atoms with Crippen LogP contribution in [-0.4, -0.2) is 66.5 Å². The van der Waals surface area contributed by atoms with Gasteiger partial charge in [-0.1, -0.05) is 5.92 Å². The van der Waals surface area contributed by atoms with Crippen molar-refractivity contribution in [1.82, 2.24) is 15.1 Å². The quantitative estimate of drug-likeness (QED) is 0.592. The summed E-state index contributed by atoms with van der Waals surface area (Å²) in [6, 6.07) is -0.603. The van der Waals surface area contributed by atoms with Crippen LogP contribution in [0.15, 0.2) is 0 Å². The van der Waals surface area contributed by atoms with Crippen LogP contribution in [0.1, 0.15) is 0 Å². The van der Waals surface area contributed by atoms with E-state index in [0.29, 0.717) is 0 Å². The molecule has 0 atom stereocenters. The number of hydrogen-bond acceptors (Lipinski definition) is 3. The van der Waals surface area contributed by atoms with Gasteiger partial charge in [0, 0.05) is 14.1 Å². The Morgan fingerprint density at radius 2 is 1.94 bits per heavy atom. The molecule has 0 unspecified atom stereocenters. The number of hydrogen-bond donors (Lipinski definition) is 2. The van der Waals surface area contributed by atoms with Gasteiger partial charge in [0.05, 0.1) is 6.54 Å². The highest BCUT2D eigenvalue weighted by molar-refractivity contribution is 5.85. The van der Waals surface area contributed by atoms with Crippen molar-refractivity contribution in [1.29, 1.82) is 0 Å². The lowest BCUT2D eigenvalue weighted by Gasteiger charge is -2.24.